The van der Waals surface area contributed by atoms with Crippen LogP contribution in [0.1, 0.15) is 27.7 Å². The molecule has 0 amide bonds. The summed E-state index contributed by atoms with van der Waals surface area (Å²) in [6.07, 6.45) is 1.54. The molecule has 2 N–H and O–H groups in total. The molecule has 0 rings (SSSR count). The molecule has 0 aromatic carbocycles. The Kier molecular flexibility index (Phi) is 4.90. The van der Waals surface area contributed by atoms with Crippen molar-refractivity contribution in [3.05, 3.63) is 11.6 Å². The summed E-state index contributed by atoms with van der Waals surface area (Å²) in [5.41, 5.74) is 1.11. The van der Waals surface area contributed by atoms with Gasteiger partial charge >= 0.3 is 7.60 Å². The number of rotatable bonds is 4. The van der Waals surface area contributed by atoms with E-state index >= 15 is 0 Å². The molecule has 0 saturated heterocycles. The van der Waals surface area contributed by atoms with E-state index in [9.17, 15) is 4.57 Å². The van der Waals surface area contributed by atoms with Crippen LogP contribution in [-0.4, -0.2) is 15.9 Å². The SMILES string of the molecule is CC(C)C(=CCP(=O)(O)O)C(C)C. The highest BCUT2D eigenvalue weighted by Crippen LogP contribution is 2.35. The minimum Gasteiger partial charge on any atom is -0.324 e. The van der Waals surface area contributed by atoms with Crippen LogP contribution in [-0.2, 0) is 4.57 Å². The summed E-state index contributed by atoms with van der Waals surface area (Å²) in [4.78, 5) is 17.4. The summed E-state index contributed by atoms with van der Waals surface area (Å²) in [5.74, 6) is 0.707. The molecule has 78 valence electrons. The molecule has 0 fully saturated rings. The fourth-order valence-corrected chi connectivity index (χ4v) is 1.81. The Hall–Kier alpha value is -0.110. The van der Waals surface area contributed by atoms with Crippen LogP contribution in [0.4, 0.5) is 0 Å². The van der Waals surface area contributed by atoms with E-state index in [1.54, 1.807) is 6.08 Å². The molecule has 0 radical (unpaired) electrons. The predicted octanol–water partition coefficient (Wildman–Crippen LogP) is 2.40. The quantitative estimate of drug-likeness (QED) is 0.548. The van der Waals surface area contributed by atoms with E-state index in [2.05, 4.69) is 0 Å². The van der Waals surface area contributed by atoms with E-state index < -0.39 is 7.60 Å². The van der Waals surface area contributed by atoms with Gasteiger partial charge in [0.15, 0.2) is 0 Å². The molecule has 0 aliphatic carbocycles. The standard InChI is InChI=1S/C9H19O3P/c1-7(2)9(8(3)4)5-6-13(10,11)12/h5,7-8H,6H2,1-4H3,(H2,10,11,12). The highest BCUT2D eigenvalue weighted by atomic mass is 31.2. The molecular formula is C9H19O3P. The van der Waals surface area contributed by atoms with Gasteiger partial charge < -0.3 is 9.79 Å². The summed E-state index contributed by atoms with van der Waals surface area (Å²) in [6, 6.07) is 0. The minimum absolute atomic E-state index is 0.140. The van der Waals surface area contributed by atoms with E-state index in [0.717, 1.165) is 5.57 Å². The summed E-state index contributed by atoms with van der Waals surface area (Å²) in [6.45, 7) is 8.13. The second-order valence-corrected chi connectivity index (χ2v) is 5.56. The minimum atomic E-state index is -3.88. The van der Waals surface area contributed by atoms with Crippen LogP contribution in [0, 0.1) is 11.8 Å². The third-order valence-electron chi connectivity index (χ3n) is 1.90. The van der Waals surface area contributed by atoms with Crippen molar-refractivity contribution in [3.63, 3.8) is 0 Å². The van der Waals surface area contributed by atoms with Crippen LogP contribution >= 0.6 is 7.60 Å². The fourth-order valence-electron chi connectivity index (χ4n) is 1.36. The van der Waals surface area contributed by atoms with Gasteiger partial charge in [-0.05, 0) is 11.8 Å². The molecule has 0 bridgehead atoms. The second kappa shape index (κ2) is 4.94. The van der Waals surface area contributed by atoms with Gasteiger partial charge in [-0.25, -0.2) is 0 Å². The molecule has 13 heavy (non-hydrogen) atoms. The molecule has 0 saturated carbocycles. The topological polar surface area (TPSA) is 57.5 Å². The Balaban J connectivity index is 4.48. The maximum Gasteiger partial charge on any atom is 0.329 e. The van der Waals surface area contributed by atoms with Gasteiger partial charge in [-0.2, -0.15) is 0 Å². The molecule has 4 heteroatoms. The van der Waals surface area contributed by atoms with Crippen molar-refractivity contribution < 1.29 is 14.4 Å². The van der Waals surface area contributed by atoms with Crippen LogP contribution in [0.2, 0.25) is 0 Å². The van der Waals surface area contributed by atoms with Crippen LogP contribution in [0.25, 0.3) is 0 Å². The molecule has 0 aliphatic rings. The second-order valence-electron chi connectivity index (χ2n) is 3.86. The maximum atomic E-state index is 10.6. The first-order valence-electron chi connectivity index (χ1n) is 4.48. The smallest absolute Gasteiger partial charge is 0.324 e. The van der Waals surface area contributed by atoms with Crippen molar-refractivity contribution >= 4 is 7.60 Å². The van der Waals surface area contributed by atoms with Gasteiger partial charge in [-0.1, -0.05) is 39.3 Å². The predicted molar refractivity (Wildman–Crippen MR) is 54.7 cm³/mol. The number of allylic oxidation sites excluding steroid dienone is 2. The number of hydrogen-bond acceptors (Lipinski definition) is 1. The van der Waals surface area contributed by atoms with Gasteiger partial charge in [0.2, 0.25) is 0 Å². The molecule has 0 aromatic heterocycles. The van der Waals surface area contributed by atoms with Crippen LogP contribution < -0.4 is 0 Å². The summed E-state index contributed by atoms with van der Waals surface area (Å²) < 4.78 is 10.6. The molecule has 0 atom stereocenters. The summed E-state index contributed by atoms with van der Waals surface area (Å²) in [7, 11) is -3.88. The Morgan fingerprint density at radius 3 is 1.85 bits per heavy atom. The molecule has 0 heterocycles. The molecule has 0 aromatic rings. The van der Waals surface area contributed by atoms with Crippen molar-refractivity contribution in [3.8, 4) is 0 Å². The third kappa shape index (κ3) is 6.03. The van der Waals surface area contributed by atoms with Gasteiger partial charge in [0.25, 0.3) is 0 Å². The fraction of sp³-hybridized carbons (Fsp3) is 0.778. The highest BCUT2D eigenvalue weighted by Gasteiger charge is 2.13. The Labute approximate surface area is 80.0 Å². The van der Waals surface area contributed by atoms with Crippen molar-refractivity contribution in [1.82, 2.24) is 0 Å². The first-order valence-corrected chi connectivity index (χ1v) is 6.28. The van der Waals surface area contributed by atoms with Crippen molar-refractivity contribution in [2.24, 2.45) is 11.8 Å². The Morgan fingerprint density at radius 2 is 1.62 bits per heavy atom. The zero-order valence-electron chi connectivity index (χ0n) is 8.69. The van der Waals surface area contributed by atoms with E-state index in [-0.39, 0.29) is 6.16 Å². The lowest BCUT2D eigenvalue weighted by Gasteiger charge is -2.15. The highest BCUT2D eigenvalue weighted by molar-refractivity contribution is 7.51. The largest absolute Gasteiger partial charge is 0.329 e. The van der Waals surface area contributed by atoms with Crippen molar-refractivity contribution in [2.75, 3.05) is 6.16 Å². The lowest BCUT2D eigenvalue weighted by atomic mass is 9.93. The summed E-state index contributed by atoms with van der Waals surface area (Å²) >= 11 is 0. The first-order chi connectivity index (χ1) is 5.74. The van der Waals surface area contributed by atoms with Gasteiger partial charge in [0.1, 0.15) is 0 Å². The molecular weight excluding hydrogens is 187 g/mol. The summed E-state index contributed by atoms with van der Waals surface area (Å²) in [5, 5.41) is 0. The van der Waals surface area contributed by atoms with Gasteiger partial charge in [-0.15, -0.1) is 0 Å². The van der Waals surface area contributed by atoms with E-state index in [1.165, 1.54) is 0 Å². The first kappa shape index (κ1) is 12.9. The lowest BCUT2D eigenvalue weighted by Crippen LogP contribution is -2.03. The van der Waals surface area contributed by atoms with Crippen LogP contribution in [0.5, 0.6) is 0 Å². The monoisotopic (exact) mass is 206 g/mol. The average molecular weight is 206 g/mol. The van der Waals surface area contributed by atoms with E-state index in [1.807, 2.05) is 27.7 Å². The molecule has 0 unspecified atom stereocenters. The third-order valence-corrected chi connectivity index (χ3v) is 2.56. The normalized spacial score (nSPS) is 12.3. The van der Waals surface area contributed by atoms with Crippen LogP contribution in [0.15, 0.2) is 11.6 Å². The number of hydrogen-bond donors (Lipinski definition) is 2. The van der Waals surface area contributed by atoms with Crippen molar-refractivity contribution in [1.29, 1.82) is 0 Å². The average Bonchev–Trinajstić information content (AvgIpc) is 1.82. The van der Waals surface area contributed by atoms with Gasteiger partial charge in [0, 0.05) is 0 Å². The Morgan fingerprint density at radius 1 is 1.23 bits per heavy atom. The Bertz CT molecular complexity index is 215. The lowest BCUT2D eigenvalue weighted by molar-refractivity contribution is 0.376. The maximum absolute atomic E-state index is 10.6. The van der Waals surface area contributed by atoms with Crippen LogP contribution in [0.3, 0.4) is 0 Å². The molecule has 0 aliphatic heterocycles. The van der Waals surface area contributed by atoms with E-state index in [4.69, 9.17) is 9.79 Å². The zero-order chi connectivity index (χ0) is 10.6. The molecule has 0 spiro atoms. The zero-order valence-corrected chi connectivity index (χ0v) is 9.58. The molecule has 3 nitrogen and oxygen atoms in total. The van der Waals surface area contributed by atoms with Gasteiger partial charge in [-0.3, -0.25) is 4.57 Å². The van der Waals surface area contributed by atoms with Gasteiger partial charge in [0.05, 0.1) is 6.16 Å². The van der Waals surface area contributed by atoms with Crippen molar-refractivity contribution in [2.45, 2.75) is 27.7 Å². The van der Waals surface area contributed by atoms with E-state index in [0.29, 0.717) is 11.8 Å².